The predicted octanol–water partition coefficient (Wildman–Crippen LogP) is -9.43. The first-order valence-electron chi connectivity index (χ1n) is 3.84. The average molecular weight is 236 g/mol. The van der Waals surface area contributed by atoms with Crippen LogP contribution in [-0.2, 0) is 9.59 Å². The quantitative estimate of drug-likeness (QED) is 0.455. The van der Waals surface area contributed by atoms with Crippen LogP contribution in [-0.4, -0.2) is 25.0 Å². The van der Waals surface area contributed by atoms with Crippen LogP contribution in [0.4, 0.5) is 0 Å². The van der Waals surface area contributed by atoms with Gasteiger partial charge in [0.1, 0.15) is 0 Å². The summed E-state index contributed by atoms with van der Waals surface area (Å²) in [6.07, 6.45) is 0.00463. The van der Waals surface area contributed by atoms with E-state index in [1.165, 1.54) is 0 Å². The molecule has 0 aliphatic rings. The second-order valence-electron chi connectivity index (χ2n) is 2.17. The van der Waals surface area contributed by atoms with Crippen LogP contribution in [0.1, 0.15) is 19.3 Å². The fraction of sp³-hybridized carbons (Fsp3) is 0.714. The molecule has 0 aliphatic heterocycles. The van der Waals surface area contributed by atoms with Gasteiger partial charge in [0.15, 0.2) is 0 Å². The molecule has 0 aliphatic carbocycles. The Labute approximate surface area is 133 Å². The van der Waals surface area contributed by atoms with E-state index in [0.29, 0.717) is 0 Å². The monoisotopic (exact) mass is 236 g/mol. The molecule has 0 aromatic carbocycles. The molecule has 0 atom stereocenters. The van der Waals surface area contributed by atoms with Crippen molar-refractivity contribution >= 4 is 11.9 Å². The van der Waals surface area contributed by atoms with Crippen LogP contribution in [0.5, 0.6) is 0 Å². The van der Waals surface area contributed by atoms with Crippen molar-refractivity contribution in [2.45, 2.75) is 19.3 Å². The number of aliphatic carboxylic acids is 2. The summed E-state index contributed by atoms with van der Waals surface area (Å²) < 4.78 is 0. The Hall–Kier alpha value is 0.860. The first-order valence-corrected chi connectivity index (χ1v) is 3.84. The number of hydrogen-bond donors (Lipinski definition) is 2. The Morgan fingerprint density at radius 1 is 0.867 bits per heavy atom. The van der Waals surface area contributed by atoms with Gasteiger partial charge >= 0.3 is 59.1 Å². The van der Waals surface area contributed by atoms with Gasteiger partial charge in [0.25, 0.3) is 0 Å². The van der Waals surface area contributed by atoms with E-state index < -0.39 is 24.8 Å². The van der Waals surface area contributed by atoms with E-state index in [0.717, 1.165) is 19.5 Å². The number of carbonyl (C=O) groups is 2. The first-order chi connectivity index (χ1) is 6.04. The number of carboxylic acid groups (broad SMARTS) is 2. The summed E-state index contributed by atoms with van der Waals surface area (Å²) >= 11 is 0. The molecule has 0 saturated heterocycles. The second-order valence-corrected chi connectivity index (χ2v) is 2.17. The Morgan fingerprint density at radius 3 is 1.20 bits per heavy atom. The van der Waals surface area contributed by atoms with Crippen molar-refractivity contribution in [1.29, 1.82) is 0 Å². The molecule has 8 heteroatoms. The molecule has 0 aromatic heterocycles. The van der Waals surface area contributed by atoms with Crippen molar-refractivity contribution in [3.05, 3.63) is 0 Å². The molecule has 0 spiro atoms. The molecule has 0 unspecified atom stereocenters. The number of carboxylic acids is 2. The molecule has 0 heterocycles. The first kappa shape index (κ1) is 24.9. The van der Waals surface area contributed by atoms with Crippen molar-refractivity contribution in [2.75, 3.05) is 13.1 Å². The number of nitrogens with two attached hydrogens (primary N) is 2. The van der Waals surface area contributed by atoms with Crippen LogP contribution in [0.3, 0.4) is 0 Å². The van der Waals surface area contributed by atoms with Gasteiger partial charge in [0.2, 0.25) is 0 Å². The van der Waals surface area contributed by atoms with Gasteiger partial charge in [-0.15, -0.1) is 0 Å². The largest absolute Gasteiger partial charge is 1.00 e. The molecule has 0 bridgehead atoms. The summed E-state index contributed by atoms with van der Waals surface area (Å²) in [4.78, 5) is 19.0. The molecule has 0 saturated carbocycles. The van der Waals surface area contributed by atoms with Gasteiger partial charge in [-0.05, 0) is 32.4 Å². The number of carbonyl (C=O) groups excluding carboxylic acids is 2. The Balaban J connectivity index is -0.0000000770. The van der Waals surface area contributed by atoms with Gasteiger partial charge < -0.3 is 31.3 Å². The van der Waals surface area contributed by atoms with E-state index in [2.05, 4.69) is 0 Å². The molecule has 0 fully saturated rings. The van der Waals surface area contributed by atoms with Crippen molar-refractivity contribution in [3.63, 3.8) is 0 Å². The maximum Gasteiger partial charge on any atom is 1.00 e. The molecule has 15 heavy (non-hydrogen) atoms. The maximum absolute atomic E-state index is 9.50. The third kappa shape index (κ3) is 39.8. The molecule has 0 amide bonds. The fourth-order valence-electron chi connectivity index (χ4n) is 0.322. The number of rotatable bonds is 5. The van der Waals surface area contributed by atoms with Gasteiger partial charge in [-0.25, -0.2) is 0 Å². The third-order valence-corrected chi connectivity index (χ3v) is 0.941. The van der Waals surface area contributed by atoms with Crippen LogP contribution in [0.15, 0.2) is 0 Å². The van der Waals surface area contributed by atoms with Crippen LogP contribution in [0.25, 0.3) is 0 Å². The summed E-state index contributed by atoms with van der Waals surface area (Å²) in [5.74, 6) is -2.73. The zero-order valence-corrected chi connectivity index (χ0v) is 13.3. The van der Waals surface area contributed by atoms with Crippen molar-refractivity contribution in [3.8, 4) is 0 Å². The van der Waals surface area contributed by atoms with Gasteiger partial charge in [-0.1, -0.05) is 0 Å². The Bertz CT molecular complexity index is 142. The van der Waals surface area contributed by atoms with Gasteiger partial charge in [-0.2, -0.15) is 0 Å². The van der Waals surface area contributed by atoms with Crippen molar-refractivity contribution < 1.29 is 78.9 Å². The van der Waals surface area contributed by atoms with Crippen molar-refractivity contribution in [2.24, 2.45) is 11.5 Å². The van der Waals surface area contributed by atoms with E-state index in [1.54, 1.807) is 0 Å². The molecule has 0 rings (SSSR count). The van der Waals surface area contributed by atoms with E-state index in [4.69, 9.17) is 11.5 Å². The van der Waals surface area contributed by atoms with Gasteiger partial charge in [-0.3, -0.25) is 0 Å². The van der Waals surface area contributed by atoms with Gasteiger partial charge in [0, 0.05) is 11.9 Å². The SMILES string of the molecule is NCCCN.O=C([O-])CCC(=O)[O-].[Na+].[Na+]. The van der Waals surface area contributed by atoms with E-state index in [-0.39, 0.29) is 59.1 Å². The minimum atomic E-state index is -1.37. The molecule has 6 nitrogen and oxygen atoms in total. The van der Waals surface area contributed by atoms with Gasteiger partial charge in [0.05, 0.1) is 0 Å². The molecule has 78 valence electrons. The Morgan fingerprint density at radius 2 is 1.13 bits per heavy atom. The van der Waals surface area contributed by atoms with E-state index >= 15 is 0 Å². The van der Waals surface area contributed by atoms with Crippen LogP contribution < -0.4 is 80.8 Å². The molecule has 0 aromatic rings. The topological polar surface area (TPSA) is 132 Å². The summed E-state index contributed by atoms with van der Waals surface area (Å²) in [5, 5.41) is 19.0. The van der Waals surface area contributed by atoms with Crippen molar-refractivity contribution in [1.82, 2.24) is 0 Å². The Kier molecular flexibility index (Phi) is 33.7. The summed E-state index contributed by atoms with van der Waals surface area (Å²) in [7, 11) is 0. The summed E-state index contributed by atoms with van der Waals surface area (Å²) in [5.41, 5.74) is 10.1. The standard InChI is InChI=1S/C4H6O4.C3H10N2.2Na/c5-3(6)1-2-4(7)8;4-2-1-3-5;;/h1-2H2,(H,5,6)(H,7,8);1-5H2;;/q;;2*+1/p-2. The molecular weight excluding hydrogens is 222 g/mol. The molecular formula is C7H14N2Na2O4. The summed E-state index contributed by atoms with van der Waals surface area (Å²) in [6.45, 7) is 1.44. The fourth-order valence-corrected chi connectivity index (χ4v) is 0.322. The molecule has 4 N–H and O–H groups in total. The predicted molar refractivity (Wildman–Crippen MR) is 42.0 cm³/mol. The zero-order valence-electron chi connectivity index (χ0n) is 9.32. The minimum absolute atomic E-state index is 0. The smallest absolute Gasteiger partial charge is 0.550 e. The van der Waals surface area contributed by atoms with Crippen LogP contribution >= 0.6 is 0 Å². The maximum atomic E-state index is 9.50. The molecule has 0 radical (unpaired) electrons. The van der Waals surface area contributed by atoms with Crippen LogP contribution in [0, 0.1) is 0 Å². The second kappa shape index (κ2) is 20.3. The normalized spacial score (nSPS) is 7.33. The third-order valence-electron chi connectivity index (χ3n) is 0.941. The van der Waals surface area contributed by atoms with E-state index in [1.807, 2.05) is 0 Å². The average Bonchev–Trinajstić information content (AvgIpc) is 2.03. The summed E-state index contributed by atoms with van der Waals surface area (Å²) in [6, 6.07) is 0. The number of hydrogen-bond acceptors (Lipinski definition) is 6. The minimum Gasteiger partial charge on any atom is -0.550 e. The van der Waals surface area contributed by atoms with Crippen LogP contribution in [0.2, 0.25) is 0 Å². The zero-order chi connectivity index (χ0) is 10.7. The van der Waals surface area contributed by atoms with E-state index in [9.17, 15) is 19.8 Å².